The number of thiazole rings is 1. The lowest BCUT2D eigenvalue weighted by molar-refractivity contribution is 1.35. The number of hydrogen-bond acceptors (Lipinski definition) is 3. The van der Waals surface area contributed by atoms with Crippen molar-refractivity contribution in [3.05, 3.63) is 44.4 Å². The third-order valence-corrected chi connectivity index (χ3v) is 4.07. The molecule has 0 atom stereocenters. The minimum atomic E-state index is 0.605. The number of anilines is 1. The van der Waals surface area contributed by atoms with Gasteiger partial charge in [-0.3, -0.25) is 0 Å². The van der Waals surface area contributed by atoms with Gasteiger partial charge >= 0.3 is 0 Å². The molecule has 1 aromatic carbocycles. The molecular formula is C13H13BrN2S. The number of rotatable bonds is 2. The molecule has 0 fully saturated rings. The molecule has 0 spiro atoms. The summed E-state index contributed by atoms with van der Waals surface area (Å²) in [5, 5.41) is 2.56. The predicted octanol–water partition coefficient (Wildman–Crippen LogP) is 4.28. The van der Waals surface area contributed by atoms with Crippen molar-refractivity contribution in [3.8, 4) is 0 Å². The van der Waals surface area contributed by atoms with Crippen LogP contribution in [0.2, 0.25) is 0 Å². The molecule has 0 aliphatic carbocycles. The van der Waals surface area contributed by atoms with Gasteiger partial charge in [0.2, 0.25) is 0 Å². The van der Waals surface area contributed by atoms with E-state index in [0.717, 1.165) is 10.2 Å². The molecule has 0 saturated carbocycles. The molecule has 2 rings (SSSR count). The van der Waals surface area contributed by atoms with Crippen LogP contribution in [0.25, 0.3) is 12.2 Å². The number of hydrogen-bond donors (Lipinski definition) is 1. The molecule has 0 aliphatic rings. The molecule has 2 aromatic rings. The summed E-state index contributed by atoms with van der Waals surface area (Å²) >= 11 is 4.99. The van der Waals surface area contributed by atoms with Crippen LogP contribution in [0.4, 0.5) is 5.13 Å². The standard InChI is InChI=1S/C13H13BrN2S/c1-8-6-12(14)9(2)5-10(8)3-4-11-7-17-13(15)16-11/h3-7H,1-2H3,(H2,15,16). The highest BCUT2D eigenvalue weighted by atomic mass is 79.9. The fraction of sp³-hybridized carbons (Fsp3) is 0.154. The molecule has 88 valence electrons. The number of nitrogens with zero attached hydrogens (tertiary/aromatic N) is 1. The van der Waals surface area contributed by atoms with E-state index in [1.165, 1.54) is 28.0 Å². The molecule has 0 aliphatic heterocycles. The van der Waals surface area contributed by atoms with E-state index in [1.54, 1.807) is 0 Å². The maximum Gasteiger partial charge on any atom is 0.180 e. The number of benzene rings is 1. The Bertz CT molecular complexity index is 573. The van der Waals surface area contributed by atoms with Crippen LogP contribution in [0.3, 0.4) is 0 Å². The van der Waals surface area contributed by atoms with E-state index >= 15 is 0 Å². The summed E-state index contributed by atoms with van der Waals surface area (Å²) in [4.78, 5) is 4.20. The van der Waals surface area contributed by atoms with Crippen LogP contribution in [0.15, 0.2) is 22.0 Å². The summed E-state index contributed by atoms with van der Waals surface area (Å²) in [6.07, 6.45) is 4.06. The van der Waals surface area contributed by atoms with Crippen molar-refractivity contribution in [1.29, 1.82) is 0 Å². The number of aromatic nitrogens is 1. The average molecular weight is 309 g/mol. The summed E-state index contributed by atoms with van der Waals surface area (Å²) in [5.41, 5.74) is 10.2. The molecular weight excluding hydrogens is 296 g/mol. The van der Waals surface area contributed by atoms with E-state index in [0.29, 0.717) is 5.13 Å². The second-order valence-electron chi connectivity index (χ2n) is 3.90. The summed E-state index contributed by atoms with van der Waals surface area (Å²) in [5.74, 6) is 0. The van der Waals surface area contributed by atoms with Crippen LogP contribution in [-0.2, 0) is 0 Å². The third kappa shape index (κ3) is 2.96. The fourth-order valence-electron chi connectivity index (χ4n) is 1.54. The first-order valence-electron chi connectivity index (χ1n) is 5.22. The lowest BCUT2D eigenvalue weighted by atomic mass is 10.1. The highest BCUT2D eigenvalue weighted by molar-refractivity contribution is 9.10. The maximum atomic E-state index is 5.59. The van der Waals surface area contributed by atoms with Crippen molar-refractivity contribution in [2.45, 2.75) is 13.8 Å². The van der Waals surface area contributed by atoms with Gasteiger partial charge in [-0.1, -0.05) is 28.1 Å². The van der Waals surface area contributed by atoms with Crippen molar-refractivity contribution in [1.82, 2.24) is 4.98 Å². The van der Waals surface area contributed by atoms with E-state index in [9.17, 15) is 0 Å². The van der Waals surface area contributed by atoms with Crippen LogP contribution in [0, 0.1) is 13.8 Å². The van der Waals surface area contributed by atoms with Gasteiger partial charge < -0.3 is 5.73 Å². The number of halogens is 1. The highest BCUT2D eigenvalue weighted by Gasteiger charge is 2.00. The molecule has 0 radical (unpaired) electrons. The molecule has 0 saturated heterocycles. The van der Waals surface area contributed by atoms with E-state index in [1.807, 2.05) is 11.5 Å². The van der Waals surface area contributed by atoms with Gasteiger partial charge in [0.25, 0.3) is 0 Å². The third-order valence-electron chi connectivity index (χ3n) is 2.52. The molecule has 1 heterocycles. The normalized spacial score (nSPS) is 11.2. The lowest BCUT2D eigenvalue weighted by Gasteiger charge is -2.04. The Labute approximate surface area is 113 Å². The number of nitrogen functional groups attached to an aromatic ring is 1. The summed E-state index contributed by atoms with van der Waals surface area (Å²) in [6, 6.07) is 4.29. The number of aryl methyl sites for hydroxylation is 2. The van der Waals surface area contributed by atoms with Crippen molar-refractivity contribution in [3.63, 3.8) is 0 Å². The highest BCUT2D eigenvalue weighted by Crippen LogP contribution is 2.23. The smallest absolute Gasteiger partial charge is 0.180 e. The Morgan fingerprint density at radius 3 is 2.65 bits per heavy atom. The Morgan fingerprint density at radius 1 is 1.24 bits per heavy atom. The lowest BCUT2D eigenvalue weighted by Crippen LogP contribution is -1.85. The summed E-state index contributed by atoms with van der Waals surface area (Å²) in [7, 11) is 0. The average Bonchev–Trinajstić information content (AvgIpc) is 2.68. The molecule has 0 unspecified atom stereocenters. The second kappa shape index (κ2) is 5.02. The zero-order valence-corrected chi connectivity index (χ0v) is 12.1. The Hall–Kier alpha value is -1.13. The van der Waals surface area contributed by atoms with Gasteiger partial charge in [-0.05, 0) is 42.7 Å². The van der Waals surface area contributed by atoms with Gasteiger partial charge in [-0.2, -0.15) is 0 Å². The molecule has 2 N–H and O–H groups in total. The topological polar surface area (TPSA) is 38.9 Å². The summed E-state index contributed by atoms with van der Waals surface area (Å²) in [6.45, 7) is 4.18. The quantitative estimate of drug-likeness (QED) is 0.899. The second-order valence-corrected chi connectivity index (χ2v) is 5.65. The molecule has 0 amide bonds. The molecule has 17 heavy (non-hydrogen) atoms. The Morgan fingerprint density at radius 2 is 2.00 bits per heavy atom. The van der Waals surface area contributed by atoms with Gasteiger partial charge in [0.05, 0.1) is 5.69 Å². The number of nitrogens with two attached hydrogens (primary N) is 1. The van der Waals surface area contributed by atoms with Crippen LogP contribution >= 0.6 is 27.3 Å². The first kappa shape index (κ1) is 12.3. The van der Waals surface area contributed by atoms with Crippen molar-refractivity contribution in [2.75, 3.05) is 5.73 Å². The maximum absolute atomic E-state index is 5.59. The summed E-state index contributed by atoms with van der Waals surface area (Å²) < 4.78 is 1.14. The molecule has 0 bridgehead atoms. The molecule has 4 heteroatoms. The van der Waals surface area contributed by atoms with E-state index in [-0.39, 0.29) is 0 Å². The minimum absolute atomic E-state index is 0.605. The van der Waals surface area contributed by atoms with Crippen molar-refractivity contribution >= 4 is 44.6 Å². The first-order valence-corrected chi connectivity index (χ1v) is 6.89. The monoisotopic (exact) mass is 308 g/mol. The van der Waals surface area contributed by atoms with Gasteiger partial charge in [0.1, 0.15) is 0 Å². The minimum Gasteiger partial charge on any atom is -0.375 e. The van der Waals surface area contributed by atoms with Crippen molar-refractivity contribution in [2.24, 2.45) is 0 Å². The van der Waals surface area contributed by atoms with Gasteiger partial charge in [-0.15, -0.1) is 11.3 Å². The van der Waals surface area contributed by atoms with Crippen molar-refractivity contribution < 1.29 is 0 Å². The van der Waals surface area contributed by atoms with Crippen LogP contribution in [0.5, 0.6) is 0 Å². The van der Waals surface area contributed by atoms with Gasteiger partial charge in [-0.25, -0.2) is 4.98 Å². The fourth-order valence-corrected chi connectivity index (χ4v) is 2.52. The predicted molar refractivity (Wildman–Crippen MR) is 79.1 cm³/mol. The van der Waals surface area contributed by atoms with Crippen LogP contribution < -0.4 is 5.73 Å². The Kier molecular flexibility index (Phi) is 3.64. The van der Waals surface area contributed by atoms with Gasteiger partial charge in [0, 0.05) is 9.85 Å². The van der Waals surface area contributed by atoms with Crippen LogP contribution in [0.1, 0.15) is 22.4 Å². The molecule has 2 nitrogen and oxygen atoms in total. The van der Waals surface area contributed by atoms with E-state index in [4.69, 9.17) is 5.73 Å². The first-order chi connectivity index (χ1) is 8.06. The SMILES string of the molecule is Cc1cc(C=Cc2csc(N)n2)c(C)cc1Br. The van der Waals surface area contributed by atoms with E-state index < -0.39 is 0 Å². The van der Waals surface area contributed by atoms with E-state index in [2.05, 4.69) is 53.0 Å². The Balaban J connectivity index is 2.30. The van der Waals surface area contributed by atoms with Crippen LogP contribution in [-0.4, -0.2) is 4.98 Å². The largest absolute Gasteiger partial charge is 0.375 e. The zero-order valence-electron chi connectivity index (χ0n) is 9.70. The zero-order chi connectivity index (χ0) is 12.4. The van der Waals surface area contributed by atoms with Gasteiger partial charge in [0.15, 0.2) is 5.13 Å². The molecule has 1 aromatic heterocycles.